The molecule has 0 amide bonds. The van der Waals surface area contributed by atoms with Crippen LogP contribution in [0, 0.1) is 5.92 Å². The SMILES string of the molecule is CC(C)C1=Cc2cc3nccc(Nc4ccc5scnc5c4)c3cc2S1(=O)=O. The van der Waals surface area contributed by atoms with Crippen LogP contribution in [0.1, 0.15) is 19.4 Å². The van der Waals surface area contributed by atoms with Crippen molar-refractivity contribution in [2.24, 2.45) is 5.92 Å². The van der Waals surface area contributed by atoms with E-state index in [4.69, 9.17) is 0 Å². The van der Waals surface area contributed by atoms with Crippen molar-refractivity contribution in [3.63, 3.8) is 0 Å². The number of rotatable bonds is 3. The van der Waals surface area contributed by atoms with Crippen LogP contribution in [-0.2, 0) is 9.84 Å². The number of allylic oxidation sites excluding steroid dienone is 1. The molecule has 1 N–H and O–H groups in total. The van der Waals surface area contributed by atoms with Gasteiger partial charge in [-0.25, -0.2) is 13.4 Å². The normalized spacial score (nSPS) is 15.2. The number of pyridine rings is 1. The fourth-order valence-electron chi connectivity index (χ4n) is 3.57. The van der Waals surface area contributed by atoms with Gasteiger partial charge in [0.05, 0.1) is 31.0 Å². The number of hydrogen-bond acceptors (Lipinski definition) is 6. The van der Waals surface area contributed by atoms with Gasteiger partial charge in [-0.2, -0.15) is 0 Å². The zero-order valence-electron chi connectivity index (χ0n) is 15.3. The molecule has 4 aromatic rings. The third-order valence-electron chi connectivity index (χ3n) is 4.95. The summed E-state index contributed by atoms with van der Waals surface area (Å²) >= 11 is 1.60. The average molecular weight is 408 g/mol. The molecule has 0 radical (unpaired) electrons. The summed E-state index contributed by atoms with van der Waals surface area (Å²) in [4.78, 5) is 9.62. The summed E-state index contributed by atoms with van der Waals surface area (Å²) < 4.78 is 27.0. The lowest BCUT2D eigenvalue weighted by molar-refractivity contribution is 0.597. The number of anilines is 2. The van der Waals surface area contributed by atoms with Gasteiger partial charge >= 0.3 is 0 Å². The van der Waals surface area contributed by atoms with Gasteiger partial charge in [0.2, 0.25) is 9.84 Å². The highest BCUT2D eigenvalue weighted by atomic mass is 32.2. The number of hydrogen-bond donors (Lipinski definition) is 1. The van der Waals surface area contributed by atoms with Crippen LogP contribution in [-0.4, -0.2) is 18.4 Å². The summed E-state index contributed by atoms with van der Waals surface area (Å²) in [6.45, 7) is 3.80. The maximum absolute atomic E-state index is 12.9. The first-order chi connectivity index (χ1) is 13.4. The van der Waals surface area contributed by atoms with Crippen molar-refractivity contribution in [2.45, 2.75) is 18.7 Å². The molecule has 5 nitrogen and oxygen atoms in total. The minimum atomic E-state index is -3.45. The van der Waals surface area contributed by atoms with E-state index in [9.17, 15) is 8.42 Å². The Labute approximate surface area is 166 Å². The summed E-state index contributed by atoms with van der Waals surface area (Å²) in [5.74, 6) is -0.0593. The standard InChI is InChI=1S/C21H17N3O2S2/c1-12(2)20-8-13-7-17-15(10-21(13)28(20,25)26)16(5-6-22-17)24-14-3-4-19-18(9-14)23-11-27-19/h3-12H,1-2H3,(H,22,24). The first kappa shape index (κ1) is 17.3. The van der Waals surface area contributed by atoms with E-state index >= 15 is 0 Å². The summed E-state index contributed by atoms with van der Waals surface area (Å²) in [7, 11) is -3.45. The Bertz CT molecular complexity index is 1390. The van der Waals surface area contributed by atoms with Crippen LogP contribution < -0.4 is 5.32 Å². The molecule has 1 aliphatic rings. The molecule has 2 aromatic carbocycles. The molecule has 0 aliphatic carbocycles. The minimum Gasteiger partial charge on any atom is -0.355 e. The van der Waals surface area contributed by atoms with Gasteiger partial charge in [-0.1, -0.05) is 13.8 Å². The van der Waals surface area contributed by atoms with Gasteiger partial charge in [0.25, 0.3) is 0 Å². The molecule has 0 atom stereocenters. The van der Waals surface area contributed by atoms with Crippen molar-refractivity contribution in [1.29, 1.82) is 0 Å². The van der Waals surface area contributed by atoms with Gasteiger partial charge in [-0.05, 0) is 54.0 Å². The van der Waals surface area contributed by atoms with Crippen molar-refractivity contribution >= 4 is 59.7 Å². The van der Waals surface area contributed by atoms with E-state index in [0.717, 1.165) is 32.5 Å². The molecule has 0 saturated carbocycles. The smallest absolute Gasteiger partial charge is 0.203 e. The molecule has 0 spiro atoms. The van der Waals surface area contributed by atoms with Crippen LogP contribution in [0.4, 0.5) is 11.4 Å². The maximum atomic E-state index is 12.9. The highest BCUT2D eigenvalue weighted by Gasteiger charge is 2.32. The fraction of sp³-hybridized carbons (Fsp3) is 0.143. The van der Waals surface area contributed by atoms with Crippen LogP contribution in [0.3, 0.4) is 0 Å². The molecule has 7 heteroatoms. The zero-order valence-corrected chi connectivity index (χ0v) is 16.9. The molecule has 0 saturated heterocycles. The highest BCUT2D eigenvalue weighted by molar-refractivity contribution is 7.95. The second-order valence-corrected chi connectivity index (χ2v) is 9.93. The van der Waals surface area contributed by atoms with Crippen LogP contribution >= 0.6 is 11.3 Å². The first-order valence-corrected chi connectivity index (χ1v) is 11.3. The Morgan fingerprint density at radius 1 is 1.04 bits per heavy atom. The maximum Gasteiger partial charge on any atom is 0.203 e. The average Bonchev–Trinajstić information content (AvgIpc) is 3.22. The molecule has 0 fully saturated rings. The second kappa shape index (κ2) is 6.12. The molecule has 28 heavy (non-hydrogen) atoms. The van der Waals surface area contributed by atoms with E-state index in [2.05, 4.69) is 15.3 Å². The number of benzene rings is 2. The molecule has 140 valence electrons. The van der Waals surface area contributed by atoms with Crippen molar-refractivity contribution in [3.05, 3.63) is 58.6 Å². The van der Waals surface area contributed by atoms with Crippen molar-refractivity contribution in [1.82, 2.24) is 9.97 Å². The van der Waals surface area contributed by atoms with Crippen molar-refractivity contribution in [3.8, 4) is 0 Å². The number of sulfone groups is 1. The number of thiazole rings is 1. The Balaban J connectivity index is 1.64. The van der Waals surface area contributed by atoms with Crippen LogP contribution in [0.25, 0.3) is 27.2 Å². The highest BCUT2D eigenvalue weighted by Crippen LogP contribution is 2.40. The van der Waals surface area contributed by atoms with E-state index in [1.54, 1.807) is 29.7 Å². The third-order valence-corrected chi connectivity index (χ3v) is 7.90. The number of nitrogens with one attached hydrogen (secondary N) is 1. The third kappa shape index (κ3) is 2.62. The predicted octanol–water partition coefficient (Wildman–Crippen LogP) is 5.37. The van der Waals surface area contributed by atoms with Crippen LogP contribution in [0.15, 0.2) is 57.9 Å². The predicted molar refractivity (Wildman–Crippen MR) is 115 cm³/mol. The molecular formula is C21H17N3O2S2. The summed E-state index contributed by atoms with van der Waals surface area (Å²) in [5, 5.41) is 4.17. The lowest BCUT2D eigenvalue weighted by atomic mass is 10.1. The van der Waals surface area contributed by atoms with Crippen LogP contribution in [0.5, 0.6) is 0 Å². The second-order valence-electron chi connectivity index (χ2n) is 7.13. The Morgan fingerprint density at radius 3 is 2.71 bits per heavy atom. The van der Waals surface area contributed by atoms with E-state index < -0.39 is 9.84 Å². The first-order valence-electron chi connectivity index (χ1n) is 8.93. The number of aromatic nitrogens is 2. The monoisotopic (exact) mass is 407 g/mol. The lowest BCUT2D eigenvalue weighted by Gasteiger charge is -2.11. The van der Waals surface area contributed by atoms with Crippen molar-refractivity contribution in [2.75, 3.05) is 5.32 Å². The fourth-order valence-corrected chi connectivity index (χ4v) is 6.09. The van der Waals surface area contributed by atoms with Gasteiger partial charge in [0.1, 0.15) is 0 Å². The number of fused-ring (bicyclic) bond motifs is 3. The molecular weight excluding hydrogens is 390 g/mol. The van der Waals surface area contributed by atoms with Gasteiger partial charge in [0, 0.05) is 23.0 Å². The number of nitrogens with zero attached hydrogens (tertiary/aromatic N) is 2. The summed E-state index contributed by atoms with van der Waals surface area (Å²) in [6, 6.07) is 11.5. The van der Waals surface area contributed by atoms with E-state index in [1.165, 1.54) is 0 Å². The quantitative estimate of drug-likeness (QED) is 0.494. The largest absolute Gasteiger partial charge is 0.355 e. The van der Waals surface area contributed by atoms with Crippen molar-refractivity contribution < 1.29 is 8.42 Å². The molecule has 2 aromatic heterocycles. The van der Waals surface area contributed by atoms with Gasteiger partial charge in [-0.3, -0.25) is 4.98 Å². The van der Waals surface area contributed by atoms with Gasteiger partial charge in [0.15, 0.2) is 0 Å². The van der Waals surface area contributed by atoms with Gasteiger partial charge < -0.3 is 5.32 Å². The minimum absolute atomic E-state index is 0.0593. The van der Waals surface area contributed by atoms with Crippen LogP contribution in [0.2, 0.25) is 0 Å². The summed E-state index contributed by atoms with van der Waals surface area (Å²) in [6.07, 6.45) is 3.50. The van der Waals surface area contributed by atoms with E-state index in [0.29, 0.717) is 15.4 Å². The Hall–Kier alpha value is -2.77. The van der Waals surface area contributed by atoms with E-state index in [-0.39, 0.29) is 5.92 Å². The molecule has 3 heterocycles. The zero-order chi connectivity index (χ0) is 19.5. The topological polar surface area (TPSA) is 72.0 Å². The molecule has 0 unspecified atom stereocenters. The van der Waals surface area contributed by atoms with Gasteiger partial charge in [-0.15, -0.1) is 11.3 Å². The Kier molecular flexibility index (Phi) is 3.79. The summed E-state index contributed by atoms with van der Waals surface area (Å²) in [5.41, 5.74) is 5.94. The molecule has 5 rings (SSSR count). The Morgan fingerprint density at radius 2 is 1.89 bits per heavy atom. The molecule has 0 bridgehead atoms. The molecule has 1 aliphatic heterocycles. The lowest BCUT2D eigenvalue weighted by Crippen LogP contribution is -2.05. The van der Waals surface area contributed by atoms with E-state index in [1.807, 2.05) is 49.7 Å².